The molecule has 0 spiro atoms. The Morgan fingerprint density at radius 1 is 1.09 bits per heavy atom. The molecule has 1 unspecified atom stereocenters. The molecule has 2 aromatic carbocycles. The van der Waals surface area contributed by atoms with E-state index in [1.165, 1.54) is 18.7 Å². The minimum Gasteiger partial charge on any atom is -0.463 e. The highest BCUT2D eigenvalue weighted by molar-refractivity contribution is 8.00. The number of thioether (sulfide) groups is 1. The molecule has 2 aliphatic heterocycles. The Bertz CT molecular complexity index is 1070. The number of nitrogens with one attached hydrogen (secondary N) is 1. The number of ether oxygens (including phenoxy) is 4. The van der Waals surface area contributed by atoms with Crippen LogP contribution in [0.1, 0.15) is 34.8 Å². The summed E-state index contributed by atoms with van der Waals surface area (Å²) in [5.41, 5.74) is 2.55. The number of carbonyl (C=O) groups excluding carboxylic acids is 3. The van der Waals surface area contributed by atoms with Crippen LogP contribution in [-0.4, -0.2) is 48.6 Å². The molecular weight excluding hydrogens is 446 g/mol. The van der Waals surface area contributed by atoms with Crippen molar-refractivity contribution in [2.24, 2.45) is 0 Å². The van der Waals surface area contributed by atoms with Crippen molar-refractivity contribution < 1.29 is 33.3 Å². The molecule has 3 atom stereocenters. The lowest BCUT2D eigenvalue weighted by Crippen LogP contribution is -2.53. The average Bonchev–Trinajstić information content (AvgIpc) is 3.21. The smallest absolute Gasteiger partial charge is 0.302 e. The van der Waals surface area contributed by atoms with Gasteiger partial charge in [0.05, 0.1) is 0 Å². The van der Waals surface area contributed by atoms with Crippen molar-refractivity contribution in [1.29, 1.82) is 0 Å². The normalized spacial score (nSPS) is 21.5. The summed E-state index contributed by atoms with van der Waals surface area (Å²) in [6.07, 6.45) is -1.55. The number of ketones is 1. The van der Waals surface area contributed by atoms with E-state index in [-0.39, 0.29) is 30.9 Å². The van der Waals surface area contributed by atoms with E-state index in [1.54, 1.807) is 18.2 Å². The van der Waals surface area contributed by atoms with Crippen molar-refractivity contribution in [2.75, 3.05) is 13.4 Å². The second-order valence-corrected chi connectivity index (χ2v) is 9.36. The zero-order chi connectivity index (χ0) is 23.5. The molecule has 0 saturated carbocycles. The minimum atomic E-state index is -1.14. The molecular formula is C24H25NO7S. The molecule has 33 heavy (non-hydrogen) atoms. The van der Waals surface area contributed by atoms with Crippen molar-refractivity contribution >= 4 is 29.4 Å². The van der Waals surface area contributed by atoms with Crippen LogP contribution in [0.2, 0.25) is 0 Å². The van der Waals surface area contributed by atoms with Crippen LogP contribution in [-0.2, 0) is 19.1 Å². The van der Waals surface area contributed by atoms with Crippen molar-refractivity contribution in [2.45, 2.75) is 49.7 Å². The van der Waals surface area contributed by atoms with Crippen LogP contribution in [0.5, 0.6) is 11.5 Å². The van der Waals surface area contributed by atoms with Gasteiger partial charge in [0.15, 0.2) is 23.5 Å². The first kappa shape index (κ1) is 23.1. The van der Waals surface area contributed by atoms with Gasteiger partial charge in [0.1, 0.15) is 12.7 Å². The fourth-order valence-electron chi connectivity index (χ4n) is 3.77. The van der Waals surface area contributed by atoms with Gasteiger partial charge in [0, 0.05) is 29.1 Å². The first-order valence-corrected chi connectivity index (χ1v) is 11.4. The quantitative estimate of drug-likeness (QED) is 0.642. The lowest BCUT2D eigenvalue weighted by Gasteiger charge is -2.35. The lowest BCUT2D eigenvalue weighted by atomic mass is 10.1. The molecule has 1 N–H and O–H groups in total. The van der Waals surface area contributed by atoms with Gasteiger partial charge in [-0.3, -0.25) is 14.4 Å². The molecule has 1 fully saturated rings. The number of amides is 1. The van der Waals surface area contributed by atoms with Crippen LogP contribution >= 0.6 is 11.8 Å². The van der Waals surface area contributed by atoms with Gasteiger partial charge in [-0.25, -0.2) is 0 Å². The molecule has 174 valence electrons. The van der Waals surface area contributed by atoms with E-state index < -0.39 is 24.2 Å². The van der Waals surface area contributed by atoms with Crippen LogP contribution < -0.4 is 14.8 Å². The first-order valence-electron chi connectivity index (χ1n) is 10.6. The summed E-state index contributed by atoms with van der Waals surface area (Å²) < 4.78 is 21.7. The number of aryl methyl sites for hydroxylation is 2. The van der Waals surface area contributed by atoms with Crippen LogP contribution in [0.25, 0.3) is 0 Å². The number of hydrogen-bond acceptors (Lipinski definition) is 8. The number of carbonyl (C=O) groups is 3. The van der Waals surface area contributed by atoms with Gasteiger partial charge < -0.3 is 24.3 Å². The molecule has 1 saturated heterocycles. The number of benzene rings is 2. The van der Waals surface area contributed by atoms with Crippen molar-refractivity contribution in [3.8, 4) is 11.5 Å². The highest BCUT2D eigenvalue weighted by Gasteiger charge is 2.39. The Labute approximate surface area is 195 Å². The predicted octanol–water partition coefficient (Wildman–Crippen LogP) is 3.17. The van der Waals surface area contributed by atoms with Crippen molar-refractivity contribution in [3.63, 3.8) is 0 Å². The zero-order valence-electron chi connectivity index (χ0n) is 18.6. The summed E-state index contributed by atoms with van der Waals surface area (Å²) in [7, 11) is 0. The summed E-state index contributed by atoms with van der Waals surface area (Å²) in [5, 5.41) is 2.37. The maximum absolute atomic E-state index is 12.9. The van der Waals surface area contributed by atoms with Gasteiger partial charge in [0.25, 0.3) is 5.91 Å². The lowest BCUT2D eigenvalue weighted by molar-refractivity contribution is -0.156. The van der Waals surface area contributed by atoms with Crippen molar-refractivity contribution in [1.82, 2.24) is 5.32 Å². The van der Waals surface area contributed by atoms with Crippen LogP contribution in [0, 0.1) is 13.8 Å². The molecule has 2 aromatic rings. The monoisotopic (exact) mass is 471 g/mol. The van der Waals surface area contributed by atoms with E-state index in [0.717, 1.165) is 16.0 Å². The Hall–Kier alpha value is -3.04. The fraction of sp³-hybridized carbons (Fsp3) is 0.375. The highest BCUT2D eigenvalue weighted by atomic mass is 32.2. The average molecular weight is 472 g/mol. The van der Waals surface area contributed by atoms with Gasteiger partial charge in [-0.05, 0) is 55.3 Å². The third-order valence-corrected chi connectivity index (χ3v) is 6.53. The number of fused-ring (bicyclic) bond motifs is 1. The third kappa shape index (κ3) is 5.66. The topological polar surface area (TPSA) is 100 Å². The number of Topliss-reactive ketones (excluding diaryl/α,β-unsaturated/α-hetero) is 1. The second-order valence-electron chi connectivity index (χ2n) is 8.05. The summed E-state index contributed by atoms with van der Waals surface area (Å²) in [5.74, 6) is -0.129. The Morgan fingerprint density at radius 2 is 1.82 bits per heavy atom. The van der Waals surface area contributed by atoms with Gasteiger partial charge in [-0.15, -0.1) is 11.8 Å². The molecule has 0 radical (unpaired) electrons. The molecule has 2 heterocycles. The molecule has 9 heteroatoms. The van der Waals surface area contributed by atoms with Gasteiger partial charge >= 0.3 is 5.97 Å². The second kappa shape index (κ2) is 9.84. The van der Waals surface area contributed by atoms with E-state index in [0.29, 0.717) is 17.1 Å². The van der Waals surface area contributed by atoms with E-state index in [9.17, 15) is 14.4 Å². The number of rotatable bonds is 6. The molecule has 0 aromatic heterocycles. The number of hydrogen-bond donors (Lipinski definition) is 1. The Morgan fingerprint density at radius 3 is 2.55 bits per heavy atom. The first-order chi connectivity index (χ1) is 15.8. The summed E-state index contributed by atoms with van der Waals surface area (Å²) >= 11 is 1.51. The maximum atomic E-state index is 12.9. The predicted molar refractivity (Wildman–Crippen MR) is 121 cm³/mol. The summed E-state index contributed by atoms with van der Waals surface area (Å²) in [4.78, 5) is 38.0. The Kier molecular flexibility index (Phi) is 6.90. The van der Waals surface area contributed by atoms with Gasteiger partial charge in [-0.2, -0.15) is 0 Å². The van der Waals surface area contributed by atoms with Gasteiger partial charge in [-0.1, -0.05) is 6.07 Å². The molecule has 2 aliphatic rings. The molecule has 0 bridgehead atoms. The summed E-state index contributed by atoms with van der Waals surface area (Å²) in [6, 6.07) is 10.9. The van der Waals surface area contributed by atoms with Crippen LogP contribution in [0.3, 0.4) is 0 Å². The third-order valence-electron chi connectivity index (χ3n) is 5.25. The molecule has 4 rings (SSSR count). The van der Waals surface area contributed by atoms with Crippen LogP contribution in [0.15, 0.2) is 41.3 Å². The van der Waals surface area contributed by atoms with Gasteiger partial charge in [0.2, 0.25) is 6.79 Å². The SMILES string of the molecule is CC(=O)OC[C@H]1O[C@@H](NC(=O)c2ccc3c(c2)OCO3)C(=O)CC1Sc1cc(C)cc(C)c1. The summed E-state index contributed by atoms with van der Waals surface area (Å²) in [6.45, 7) is 5.43. The van der Waals surface area contributed by atoms with E-state index >= 15 is 0 Å². The fourth-order valence-corrected chi connectivity index (χ4v) is 5.17. The maximum Gasteiger partial charge on any atom is 0.302 e. The van der Waals surface area contributed by atoms with Crippen LogP contribution in [0.4, 0.5) is 0 Å². The molecule has 1 amide bonds. The Balaban J connectivity index is 1.47. The van der Waals surface area contributed by atoms with E-state index in [1.807, 2.05) is 26.0 Å². The van der Waals surface area contributed by atoms with E-state index in [4.69, 9.17) is 18.9 Å². The highest BCUT2D eigenvalue weighted by Crippen LogP contribution is 2.35. The molecule has 0 aliphatic carbocycles. The van der Waals surface area contributed by atoms with E-state index in [2.05, 4.69) is 11.4 Å². The zero-order valence-corrected chi connectivity index (χ0v) is 19.4. The largest absolute Gasteiger partial charge is 0.463 e. The van der Waals surface area contributed by atoms with Crippen molar-refractivity contribution in [3.05, 3.63) is 53.1 Å². The number of esters is 1. The minimum absolute atomic E-state index is 0.0124. The standard InChI is InChI=1S/C24H25NO7S/c1-13-6-14(2)8-17(7-13)33-22-10-18(27)24(32-21(22)11-29-15(3)26)25-23(28)16-4-5-19-20(9-16)31-12-30-19/h4-9,21-22,24H,10-12H2,1-3H3,(H,25,28)/t21-,22?,24-/m1/s1. The molecule has 8 nitrogen and oxygen atoms in total.